The number of carboxylic acids is 1. The van der Waals surface area contributed by atoms with E-state index in [1.807, 2.05) is 24.3 Å². The second kappa shape index (κ2) is 6.19. The number of carboxylic acid groups (broad SMARTS) is 1. The van der Waals surface area contributed by atoms with Crippen molar-refractivity contribution in [2.24, 2.45) is 0 Å². The molecule has 2 heterocycles. The van der Waals surface area contributed by atoms with Crippen molar-refractivity contribution in [1.82, 2.24) is 14.6 Å². The van der Waals surface area contributed by atoms with Crippen LogP contribution in [0.4, 0.5) is 0 Å². The molecule has 0 aliphatic heterocycles. The number of H-pyrrole nitrogens is 1. The number of rotatable bonds is 5. The topological polar surface area (TPSA) is 96.7 Å². The lowest BCUT2D eigenvalue weighted by molar-refractivity contribution is -0.136. The summed E-state index contributed by atoms with van der Waals surface area (Å²) >= 11 is 0. The smallest absolute Gasteiger partial charge is 0.303 e. The van der Waals surface area contributed by atoms with E-state index >= 15 is 0 Å². The van der Waals surface area contributed by atoms with Crippen LogP contribution in [0.3, 0.4) is 0 Å². The van der Waals surface area contributed by atoms with Gasteiger partial charge in [-0.05, 0) is 31.0 Å². The van der Waals surface area contributed by atoms with Gasteiger partial charge in [0.05, 0.1) is 7.11 Å². The van der Waals surface area contributed by atoms with Crippen molar-refractivity contribution < 1.29 is 14.6 Å². The summed E-state index contributed by atoms with van der Waals surface area (Å²) in [6, 6.07) is 7.46. The number of nitrogens with zero attached hydrogens (tertiary/aromatic N) is 2. The Morgan fingerprint density at radius 2 is 2.04 bits per heavy atom. The van der Waals surface area contributed by atoms with Crippen molar-refractivity contribution in [3.63, 3.8) is 0 Å². The highest BCUT2D eigenvalue weighted by atomic mass is 16.5. The molecule has 0 aliphatic carbocycles. The van der Waals surface area contributed by atoms with Gasteiger partial charge in [0.15, 0.2) is 5.65 Å². The number of benzene rings is 1. The first-order valence-corrected chi connectivity index (χ1v) is 7.47. The van der Waals surface area contributed by atoms with Gasteiger partial charge < -0.3 is 9.84 Å². The molecule has 0 aliphatic rings. The van der Waals surface area contributed by atoms with E-state index in [9.17, 15) is 9.59 Å². The average Bonchev–Trinajstić information content (AvgIpc) is 2.98. The van der Waals surface area contributed by atoms with Crippen LogP contribution in [0.25, 0.3) is 16.8 Å². The van der Waals surface area contributed by atoms with Crippen LogP contribution in [0.15, 0.2) is 35.3 Å². The maximum atomic E-state index is 12.6. The number of hydrogen-bond donors (Lipinski definition) is 2. The minimum Gasteiger partial charge on any atom is -0.497 e. The van der Waals surface area contributed by atoms with Crippen molar-refractivity contribution in [1.29, 1.82) is 0 Å². The van der Waals surface area contributed by atoms with Gasteiger partial charge in [0, 0.05) is 29.4 Å². The Bertz CT molecular complexity index is 954. The standard InChI is InChI=1S/C17H17N3O4/c1-10-13(7-8-15(21)22)17(23)20-16(19-10)14(9-18-20)11-3-5-12(24-2)6-4-11/h3-6,9,18H,7-8H2,1-2H3,(H,21,22). The van der Waals surface area contributed by atoms with Crippen molar-refractivity contribution in [3.8, 4) is 16.9 Å². The minimum atomic E-state index is -0.940. The van der Waals surface area contributed by atoms with Crippen LogP contribution < -0.4 is 10.3 Å². The SMILES string of the molecule is COc1ccc(-c2c[nH]n3c(=O)c(CCC(=O)O)c(C)nc23)cc1. The number of hydrogen-bond acceptors (Lipinski definition) is 4. The molecule has 1 aromatic carbocycles. The molecule has 0 fully saturated rings. The molecule has 2 aromatic heterocycles. The van der Waals surface area contributed by atoms with E-state index in [2.05, 4.69) is 10.1 Å². The fourth-order valence-corrected chi connectivity index (χ4v) is 2.66. The molecule has 0 saturated carbocycles. The van der Waals surface area contributed by atoms with E-state index in [1.54, 1.807) is 20.2 Å². The number of nitrogens with one attached hydrogen (secondary N) is 1. The molecular formula is C17H17N3O4. The molecule has 7 nitrogen and oxygen atoms in total. The van der Waals surface area contributed by atoms with Crippen LogP contribution >= 0.6 is 0 Å². The van der Waals surface area contributed by atoms with Crippen LogP contribution in [-0.4, -0.2) is 32.8 Å². The Morgan fingerprint density at radius 3 is 2.67 bits per heavy atom. The van der Waals surface area contributed by atoms with Crippen molar-refractivity contribution >= 4 is 11.6 Å². The lowest BCUT2D eigenvalue weighted by Crippen LogP contribution is -2.22. The van der Waals surface area contributed by atoms with Gasteiger partial charge in [-0.2, -0.15) is 0 Å². The zero-order valence-electron chi connectivity index (χ0n) is 13.4. The molecule has 0 atom stereocenters. The lowest BCUT2D eigenvalue weighted by atomic mass is 10.1. The van der Waals surface area contributed by atoms with Crippen LogP contribution in [-0.2, 0) is 11.2 Å². The number of fused-ring (bicyclic) bond motifs is 1. The number of ether oxygens (including phenoxy) is 1. The van der Waals surface area contributed by atoms with Crippen LogP contribution in [0.1, 0.15) is 17.7 Å². The molecule has 0 unspecified atom stereocenters. The van der Waals surface area contributed by atoms with E-state index in [1.165, 1.54) is 4.52 Å². The second-order valence-electron chi connectivity index (χ2n) is 5.45. The molecule has 124 valence electrons. The third kappa shape index (κ3) is 2.76. The highest BCUT2D eigenvalue weighted by Gasteiger charge is 2.15. The maximum Gasteiger partial charge on any atom is 0.303 e. The van der Waals surface area contributed by atoms with Gasteiger partial charge in [-0.15, -0.1) is 0 Å². The van der Waals surface area contributed by atoms with Gasteiger partial charge in [0.1, 0.15) is 5.75 Å². The summed E-state index contributed by atoms with van der Waals surface area (Å²) in [4.78, 5) is 27.8. The van der Waals surface area contributed by atoms with Gasteiger partial charge in [0.25, 0.3) is 5.56 Å². The minimum absolute atomic E-state index is 0.101. The molecule has 2 N–H and O–H groups in total. The Labute approximate surface area is 137 Å². The Kier molecular flexibility index (Phi) is 4.07. The summed E-state index contributed by atoms with van der Waals surface area (Å²) in [6.45, 7) is 1.73. The highest BCUT2D eigenvalue weighted by molar-refractivity contribution is 5.77. The van der Waals surface area contributed by atoms with E-state index in [0.29, 0.717) is 16.9 Å². The van der Waals surface area contributed by atoms with Crippen molar-refractivity contribution in [3.05, 3.63) is 52.1 Å². The molecule has 0 spiro atoms. The van der Waals surface area contributed by atoms with Gasteiger partial charge >= 0.3 is 5.97 Å². The summed E-state index contributed by atoms with van der Waals surface area (Å²) in [5, 5.41) is 11.7. The Hall–Kier alpha value is -3.09. The van der Waals surface area contributed by atoms with Gasteiger partial charge in [-0.1, -0.05) is 12.1 Å². The second-order valence-corrected chi connectivity index (χ2v) is 5.45. The fourth-order valence-electron chi connectivity index (χ4n) is 2.66. The number of aryl methyl sites for hydroxylation is 1. The van der Waals surface area contributed by atoms with E-state index in [0.717, 1.165) is 16.9 Å². The first kappa shape index (κ1) is 15.8. The Morgan fingerprint density at radius 1 is 1.33 bits per heavy atom. The number of aromatic nitrogens is 3. The lowest BCUT2D eigenvalue weighted by Gasteiger charge is -2.06. The van der Waals surface area contributed by atoms with Crippen LogP contribution in [0.2, 0.25) is 0 Å². The molecular weight excluding hydrogens is 310 g/mol. The molecule has 0 saturated heterocycles. The summed E-state index contributed by atoms with van der Waals surface area (Å²) in [5.74, 6) is -0.194. The third-order valence-corrected chi connectivity index (χ3v) is 3.95. The third-order valence-electron chi connectivity index (χ3n) is 3.95. The zero-order chi connectivity index (χ0) is 17.3. The van der Waals surface area contributed by atoms with E-state index in [-0.39, 0.29) is 18.4 Å². The van der Waals surface area contributed by atoms with E-state index in [4.69, 9.17) is 9.84 Å². The number of carbonyl (C=O) groups is 1. The van der Waals surface area contributed by atoms with Gasteiger partial charge in [-0.3, -0.25) is 14.7 Å². The number of methoxy groups -OCH3 is 1. The fraction of sp³-hybridized carbons (Fsp3) is 0.235. The summed E-state index contributed by atoms with van der Waals surface area (Å²) in [7, 11) is 1.60. The highest BCUT2D eigenvalue weighted by Crippen LogP contribution is 2.25. The van der Waals surface area contributed by atoms with Crippen molar-refractivity contribution in [2.45, 2.75) is 19.8 Å². The molecule has 7 heteroatoms. The van der Waals surface area contributed by atoms with Crippen LogP contribution in [0.5, 0.6) is 5.75 Å². The molecule has 3 rings (SSSR count). The van der Waals surface area contributed by atoms with E-state index < -0.39 is 5.97 Å². The molecule has 3 aromatic rings. The first-order chi connectivity index (χ1) is 11.5. The largest absolute Gasteiger partial charge is 0.497 e. The van der Waals surface area contributed by atoms with Crippen LogP contribution in [0, 0.1) is 6.92 Å². The predicted octanol–water partition coefficient (Wildman–Crippen LogP) is 2.02. The number of aromatic amines is 1. The average molecular weight is 327 g/mol. The molecule has 0 amide bonds. The summed E-state index contributed by atoms with van der Waals surface area (Å²) in [5.41, 5.74) is 2.91. The maximum absolute atomic E-state index is 12.6. The zero-order valence-corrected chi connectivity index (χ0v) is 13.4. The Balaban J connectivity index is 2.09. The number of aliphatic carboxylic acids is 1. The van der Waals surface area contributed by atoms with Crippen molar-refractivity contribution in [2.75, 3.05) is 7.11 Å². The predicted molar refractivity (Wildman–Crippen MR) is 88.5 cm³/mol. The molecule has 0 bridgehead atoms. The monoisotopic (exact) mass is 327 g/mol. The summed E-state index contributed by atoms with van der Waals surface area (Å²) in [6.07, 6.45) is 1.77. The molecule has 24 heavy (non-hydrogen) atoms. The van der Waals surface area contributed by atoms with Gasteiger partial charge in [0.2, 0.25) is 0 Å². The normalized spacial score (nSPS) is 10.9. The quantitative estimate of drug-likeness (QED) is 0.747. The molecule has 0 radical (unpaired) electrons. The van der Waals surface area contributed by atoms with Gasteiger partial charge in [-0.25, -0.2) is 9.50 Å². The summed E-state index contributed by atoms with van der Waals surface area (Å²) < 4.78 is 6.50. The first-order valence-electron chi connectivity index (χ1n) is 7.47.